The van der Waals surface area contributed by atoms with E-state index in [4.69, 9.17) is 5.73 Å². The Morgan fingerprint density at radius 3 is 2.95 bits per heavy atom. The third-order valence-electron chi connectivity index (χ3n) is 2.55. The van der Waals surface area contributed by atoms with Crippen LogP contribution in [-0.4, -0.2) is 23.5 Å². The van der Waals surface area contributed by atoms with Crippen molar-refractivity contribution in [3.8, 4) is 0 Å². The van der Waals surface area contributed by atoms with Crippen LogP contribution in [0.25, 0.3) is 0 Å². The second-order valence-electron chi connectivity index (χ2n) is 4.67. The van der Waals surface area contributed by atoms with Gasteiger partial charge < -0.3 is 16.4 Å². The van der Waals surface area contributed by atoms with Gasteiger partial charge in [0, 0.05) is 12.6 Å². The van der Waals surface area contributed by atoms with Crippen molar-refractivity contribution in [2.45, 2.75) is 26.3 Å². The summed E-state index contributed by atoms with van der Waals surface area (Å²) in [7, 11) is 0. The van der Waals surface area contributed by atoms with E-state index in [0.717, 1.165) is 6.42 Å². The maximum Gasteiger partial charge on any atom is 0.265 e. The first-order valence-electron chi connectivity index (χ1n) is 6.38. The van der Waals surface area contributed by atoms with Gasteiger partial charge >= 0.3 is 0 Å². The van der Waals surface area contributed by atoms with E-state index in [1.807, 2.05) is 19.2 Å². The van der Waals surface area contributed by atoms with Crippen molar-refractivity contribution >= 4 is 39.5 Å². The van der Waals surface area contributed by atoms with Gasteiger partial charge in [0.2, 0.25) is 0 Å². The molecule has 2 heterocycles. The Hall–Kier alpha value is -1.60. The van der Waals surface area contributed by atoms with Crippen LogP contribution in [0.5, 0.6) is 0 Å². The van der Waals surface area contributed by atoms with Crippen LogP contribution < -0.4 is 16.4 Å². The molecule has 0 bridgehead atoms. The van der Waals surface area contributed by atoms with Crippen LogP contribution in [0.15, 0.2) is 16.8 Å². The molecule has 20 heavy (non-hydrogen) atoms. The number of aromatic nitrogens is 1. The van der Waals surface area contributed by atoms with E-state index in [1.54, 1.807) is 11.3 Å². The fraction of sp³-hybridized carbons (Fsp3) is 0.385. The fourth-order valence-electron chi connectivity index (χ4n) is 1.64. The van der Waals surface area contributed by atoms with Gasteiger partial charge in [0.25, 0.3) is 5.91 Å². The molecule has 2 aromatic rings. The highest BCUT2D eigenvalue weighted by Crippen LogP contribution is 2.25. The van der Waals surface area contributed by atoms with Gasteiger partial charge in [-0.3, -0.25) is 4.79 Å². The van der Waals surface area contributed by atoms with Gasteiger partial charge in [0.15, 0.2) is 5.13 Å². The van der Waals surface area contributed by atoms with Gasteiger partial charge in [-0.1, -0.05) is 11.3 Å². The molecule has 0 unspecified atom stereocenters. The first kappa shape index (κ1) is 14.8. The average Bonchev–Trinajstić information content (AvgIpc) is 2.98. The number of nitrogens with one attached hydrogen (secondary N) is 2. The zero-order valence-corrected chi connectivity index (χ0v) is 13.1. The Morgan fingerprint density at radius 2 is 2.30 bits per heavy atom. The molecule has 5 nitrogen and oxygen atoms in total. The minimum Gasteiger partial charge on any atom is -0.382 e. The lowest BCUT2D eigenvalue weighted by atomic mass is 10.2. The first-order valence-corrected chi connectivity index (χ1v) is 8.14. The summed E-state index contributed by atoms with van der Waals surface area (Å²) in [5.41, 5.74) is 7.02. The highest BCUT2D eigenvalue weighted by molar-refractivity contribution is 7.18. The number of nitrogens with zero attached hydrogens (tertiary/aromatic N) is 1. The molecule has 0 aliphatic rings. The Morgan fingerprint density at radius 1 is 1.50 bits per heavy atom. The molecule has 0 fully saturated rings. The van der Waals surface area contributed by atoms with E-state index in [0.29, 0.717) is 16.6 Å². The standard InChI is InChI=1S/C13H18N4OS2/c1-8(2)16-13-17-11(14)10(20-13)12(18)15-5-3-9-4-6-19-7-9/h4,6-8H,3,5,14H2,1-2H3,(H,15,18)(H,16,17). The number of anilines is 2. The van der Waals surface area contributed by atoms with Crippen LogP contribution in [0.3, 0.4) is 0 Å². The number of carbonyl (C=O) groups excluding carboxylic acids is 1. The minimum atomic E-state index is -0.160. The lowest BCUT2D eigenvalue weighted by molar-refractivity contribution is 0.0959. The predicted octanol–water partition coefficient (Wildman–Crippen LogP) is 2.58. The van der Waals surface area contributed by atoms with Gasteiger partial charge in [-0.15, -0.1) is 0 Å². The topological polar surface area (TPSA) is 80.0 Å². The molecule has 2 aromatic heterocycles. The molecule has 0 saturated heterocycles. The molecule has 7 heteroatoms. The lowest BCUT2D eigenvalue weighted by Gasteiger charge is -2.04. The Labute approximate surface area is 126 Å². The van der Waals surface area contributed by atoms with Crippen LogP contribution in [-0.2, 0) is 6.42 Å². The maximum absolute atomic E-state index is 12.0. The van der Waals surface area contributed by atoms with E-state index >= 15 is 0 Å². The summed E-state index contributed by atoms with van der Waals surface area (Å²) in [6, 6.07) is 2.32. The molecule has 2 rings (SSSR count). The molecule has 1 amide bonds. The van der Waals surface area contributed by atoms with E-state index in [1.165, 1.54) is 16.9 Å². The van der Waals surface area contributed by atoms with Crippen molar-refractivity contribution in [2.75, 3.05) is 17.6 Å². The van der Waals surface area contributed by atoms with E-state index in [2.05, 4.69) is 27.1 Å². The summed E-state index contributed by atoms with van der Waals surface area (Å²) in [5, 5.41) is 10.8. The van der Waals surface area contributed by atoms with Gasteiger partial charge in [-0.25, -0.2) is 4.98 Å². The predicted molar refractivity (Wildman–Crippen MR) is 85.6 cm³/mol. The summed E-state index contributed by atoms with van der Waals surface area (Å²) in [6.45, 7) is 4.62. The minimum absolute atomic E-state index is 0.160. The van der Waals surface area contributed by atoms with Gasteiger partial charge in [-0.05, 0) is 42.7 Å². The van der Waals surface area contributed by atoms with Crippen molar-refractivity contribution in [3.63, 3.8) is 0 Å². The second kappa shape index (κ2) is 6.71. The molecule has 0 atom stereocenters. The third-order valence-corrected chi connectivity index (χ3v) is 4.28. The quantitative estimate of drug-likeness (QED) is 0.766. The van der Waals surface area contributed by atoms with Gasteiger partial charge in [0.05, 0.1) is 0 Å². The number of nitrogens with two attached hydrogens (primary N) is 1. The van der Waals surface area contributed by atoms with Crippen molar-refractivity contribution in [1.29, 1.82) is 0 Å². The third kappa shape index (κ3) is 3.94. The zero-order chi connectivity index (χ0) is 14.5. The molecule has 0 spiro atoms. The van der Waals surface area contributed by atoms with E-state index in [9.17, 15) is 4.79 Å². The summed E-state index contributed by atoms with van der Waals surface area (Å²) < 4.78 is 0. The van der Waals surface area contributed by atoms with Crippen molar-refractivity contribution in [2.24, 2.45) is 0 Å². The van der Waals surface area contributed by atoms with Crippen LogP contribution in [0.1, 0.15) is 29.1 Å². The van der Waals surface area contributed by atoms with Gasteiger partial charge in [-0.2, -0.15) is 11.3 Å². The highest BCUT2D eigenvalue weighted by Gasteiger charge is 2.16. The van der Waals surface area contributed by atoms with Crippen LogP contribution in [0.4, 0.5) is 10.9 Å². The summed E-state index contributed by atoms with van der Waals surface area (Å²) >= 11 is 2.94. The number of hydrogen-bond donors (Lipinski definition) is 3. The van der Waals surface area contributed by atoms with Crippen molar-refractivity contribution in [1.82, 2.24) is 10.3 Å². The molecule has 0 aliphatic carbocycles. The average molecular weight is 310 g/mol. The summed E-state index contributed by atoms with van der Waals surface area (Å²) in [5.74, 6) is 0.123. The number of amides is 1. The molecular weight excluding hydrogens is 292 g/mol. The summed E-state index contributed by atoms with van der Waals surface area (Å²) in [4.78, 5) is 16.7. The Bertz CT molecular complexity index is 563. The molecule has 0 saturated carbocycles. The molecule has 0 aromatic carbocycles. The monoisotopic (exact) mass is 310 g/mol. The highest BCUT2D eigenvalue weighted by atomic mass is 32.1. The smallest absolute Gasteiger partial charge is 0.265 e. The maximum atomic E-state index is 12.0. The van der Waals surface area contributed by atoms with E-state index < -0.39 is 0 Å². The fourth-order valence-corrected chi connectivity index (χ4v) is 3.29. The number of thiazole rings is 1. The number of carbonyl (C=O) groups is 1. The van der Waals surface area contributed by atoms with Crippen LogP contribution >= 0.6 is 22.7 Å². The number of nitrogen functional groups attached to an aromatic ring is 1. The number of rotatable bonds is 6. The van der Waals surface area contributed by atoms with Crippen LogP contribution in [0.2, 0.25) is 0 Å². The SMILES string of the molecule is CC(C)Nc1nc(N)c(C(=O)NCCc2ccsc2)s1. The Kier molecular flexibility index (Phi) is 4.97. The first-order chi connectivity index (χ1) is 9.56. The molecular formula is C13H18N4OS2. The normalized spacial score (nSPS) is 10.8. The number of thiophene rings is 1. The number of hydrogen-bond acceptors (Lipinski definition) is 6. The van der Waals surface area contributed by atoms with Crippen LogP contribution in [0, 0.1) is 0 Å². The largest absolute Gasteiger partial charge is 0.382 e. The molecule has 0 radical (unpaired) electrons. The van der Waals surface area contributed by atoms with E-state index in [-0.39, 0.29) is 17.8 Å². The van der Waals surface area contributed by atoms with Gasteiger partial charge in [0.1, 0.15) is 10.7 Å². The second-order valence-corrected chi connectivity index (χ2v) is 6.45. The summed E-state index contributed by atoms with van der Waals surface area (Å²) in [6.07, 6.45) is 0.824. The molecule has 4 N–H and O–H groups in total. The molecule has 108 valence electrons. The molecule has 0 aliphatic heterocycles. The van der Waals surface area contributed by atoms with Crippen molar-refractivity contribution < 1.29 is 4.79 Å². The van der Waals surface area contributed by atoms with Crippen molar-refractivity contribution in [3.05, 3.63) is 27.3 Å². The Balaban J connectivity index is 1.90. The zero-order valence-electron chi connectivity index (χ0n) is 11.5. The lowest BCUT2D eigenvalue weighted by Crippen LogP contribution is -2.25.